The van der Waals surface area contributed by atoms with Crippen LogP contribution in [0.4, 0.5) is 0 Å². The van der Waals surface area contributed by atoms with Crippen LogP contribution in [0.15, 0.2) is 0 Å². The maximum atomic E-state index is 11.5. The average molecular weight is 274 g/mol. The number of aliphatic carboxylic acids is 1. The zero-order valence-corrected chi connectivity index (χ0v) is 12.0. The van der Waals surface area contributed by atoms with E-state index in [2.05, 4.69) is 5.32 Å². The number of carboxylic acid groups (broad SMARTS) is 1. The van der Waals surface area contributed by atoms with Crippen LogP contribution >= 0.6 is 0 Å². The number of carbonyl (C=O) groups is 2. The lowest BCUT2D eigenvalue weighted by atomic mass is 10.1. The van der Waals surface area contributed by atoms with Crippen LogP contribution in [0.25, 0.3) is 0 Å². The van der Waals surface area contributed by atoms with Gasteiger partial charge in [0.1, 0.15) is 12.1 Å². The molecule has 6 nitrogen and oxygen atoms in total. The minimum atomic E-state index is -0.934. The van der Waals surface area contributed by atoms with Gasteiger partial charge in [-0.1, -0.05) is 20.8 Å². The summed E-state index contributed by atoms with van der Waals surface area (Å²) >= 11 is 0. The van der Waals surface area contributed by atoms with Gasteiger partial charge in [-0.2, -0.15) is 0 Å². The van der Waals surface area contributed by atoms with Crippen LogP contribution < -0.4 is 11.1 Å². The molecule has 6 heteroatoms. The van der Waals surface area contributed by atoms with Crippen molar-refractivity contribution in [2.24, 2.45) is 11.7 Å². The third-order valence-electron chi connectivity index (χ3n) is 2.62. The van der Waals surface area contributed by atoms with E-state index in [-0.39, 0.29) is 13.0 Å². The highest BCUT2D eigenvalue weighted by molar-refractivity contribution is 5.75. The van der Waals surface area contributed by atoms with Crippen molar-refractivity contribution < 1.29 is 19.4 Å². The molecule has 0 bridgehead atoms. The van der Waals surface area contributed by atoms with Gasteiger partial charge in [0, 0.05) is 6.42 Å². The van der Waals surface area contributed by atoms with Crippen LogP contribution in [0.5, 0.6) is 0 Å². The Labute approximate surface area is 114 Å². The van der Waals surface area contributed by atoms with Gasteiger partial charge in [0.05, 0.1) is 6.61 Å². The number of hydrogen-bond donors (Lipinski definition) is 3. The largest absolute Gasteiger partial charge is 0.480 e. The number of carbonyl (C=O) groups excluding carboxylic acids is 1. The first-order valence-electron chi connectivity index (χ1n) is 6.76. The van der Waals surface area contributed by atoms with Gasteiger partial charge in [-0.15, -0.1) is 0 Å². The number of nitrogens with two attached hydrogens (primary N) is 1. The predicted octanol–water partition coefficient (Wildman–Crippen LogP) is 0.746. The summed E-state index contributed by atoms with van der Waals surface area (Å²) in [7, 11) is 0. The van der Waals surface area contributed by atoms with E-state index in [1.165, 1.54) is 0 Å². The van der Waals surface area contributed by atoms with E-state index in [1.807, 2.05) is 20.8 Å². The van der Waals surface area contributed by atoms with Crippen LogP contribution in [0.2, 0.25) is 0 Å². The average Bonchev–Trinajstić information content (AvgIpc) is 2.31. The van der Waals surface area contributed by atoms with Gasteiger partial charge in [0.15, 0.2) is 0 Å². The Morgan fingerprint density at radius 2 is 2.00 bits per heavy atom. The molecule has 0 aliphatic heterocycles. The molecule has 0 saturated heterocycles. The Bertz CT molecular complexity index is 282. The van der Waals surface area contributed by atoms with Gasteiger partial charge in [-0.3, -0.25) is 9.59 Å². The summed E-state index contributed by atoms with van der Waals surface area (Å²) in [4.78, 5) is 22.5. The molecule has 0 aliphatic carbocycles. The Hall–Kier alpha value is -1.14. The van der Waals surface area contributed by atoms with Gasteiger partial charge >= 0.3 is 11.9 Å². The minimum absolute atomic E-state index is 0.0678. The topological polar surface area (TPSA) is 102 Å². The quantitative estimate of drug-likeness (QED) is 0.508. The van der Waals surface area contributed by atoms with Crippen molar-refractivity contribution in [2.45, 2.75) is 52.1 Å². The van der Waals surface area contributed by atoms with Crippen LogP contribution in [0.1, 0.15) is 40.0 Å². The van der Waals surface area contributed by atoms with E-state index in [9.17, 15) is 9.59 Å². The fourth-order valence-corrected chi connectivity index (χ4v) is 1.62. The smallest absolute Gasteiger partial charge is 0.322 e. The molecule has 2 unspecified atom stereocenters. The van der Waals surface area contributed by atoms with E-state index in [0.29, 0.717) is 18.9 Å². The van der Waals surface area contributed by atoms with Gasteiger partial charge in [0.2, 0.25) is 0 Å². The first kappa shape index (κ1) is 17.9. The molecule has 0 fully saturated rings. The molecule has 0 amide bonds. The molecule has 112 valence electrons. The summed E-state index contributed by atoms with van der Waals surface area (Å²) in [5.41, 5.74) is 5.67. The van der Waals surface area contributed by atoms with Crippen molar-refractivity contribution in [3.05, 3.63) is 0 Å². The fourth-order valence-electron chi connectivity index (χ4n) is 1.62. The van der Waals surface area contributed by atoms with Crippen molar-refractivity contribution in [2.75, 3.05) is 13.2 Å². The molecule has 0 aromatic heterocycles. The standard InChI is InChI=1S/C13H26N2O4/c1-4-6-15-11(12(16)17)5-7-19-13(18)10(14)8-9(2)3/h9-11,15H,4-8,14H2,1-3H3,(H,16,17). The summed E-state index contributed by atoms with van der Waals surface area (Å²) in [6.45, 7) is 6.59. The van der Waals surface area contributed by atoms with Crippen molar-refractivity contribution in [1.29, 1.82) is 0 Å². The molecule has 0 heterocycles. The molecular formula is C13H26N2O4. The lowest BCUT2D eigenvalue weighted by molar-refractivity contribution is -0.148. The number of hydrogen-bond acceptors (Lipinski definition) is 5. The van der Waals surface area contributed by atoms with Crippen LogP contribution in [-0.4, -0.2) is 42.3 Å². The van der Waals surface area contributed by atoms with Crippen LogP contribution in [0, 0.1) is 5.92 Å². The van der Waals surface area contributed by atoms with Gasteiger partial charge in [-0.25, -0.2) is 0 Å². The number of esters is 1. The molecule has 19 heavy (non-hydrogen) atoms. The molecule has 0 rings (SSSR count). The first-order chi connectivity index (χ1) is 8.88. The normalized spacial score (nSPS) is 14.2. The summed E-state index contributed by atoms with van der Waals surface area (Å²) in [5.74, 6) is -1.08. The number of rotatable bonds is 10. The van der Waals surface area contributed by atoms with Crippen molar-refractivity contribution >= 4 is 11.9 Å². The van der Waals surface area contributed by atoms with Crippen molar-refractivity contribution in [1.82, 2.24) is 5.32 Å². The Morgan fingerprint density at radius 3 is 2.47 bits per heavy atom. The second-order valence-corrected chi connectivity index (χ2v) is 5.04. The van der Waals surface area contributed by atoms with Gasteiger partial charge in [-0.05, 0) is 25.3 Å². The number of carboxylic acids is 1. The zero-order chi connectivity index (χ0) is 14.8. The number of ether oxygens (including phenoxy) is 1. The van der Waals surface area contributed by atoms with E-state index in [1.54, 1.807) is 0 Å². The summed E-state index contributed by atoms with van der Waals surface area (Å²) < 4.78 is 5.00. The molecule has 0 aliphatic rings. The fraction of sp³-hybridized carbons (Fsp3) is 0.846. The second-order valence-electron chi connectivity index (χ2n) is 5.04. The van der Waals surface area contributed by atoms with E-state index in [0.717, 1.165) is 6.42 Å². The SMILES string of the molecule is CCCNC(CCOC(=O)C(N)CC(C)C)C(=O)O. The summed E-state index contributed by atoms with van der Waals surface area (Å²) in [6.07, 6.45) is 1.66. The maximum Gasteiger partial charge on any atom is 0.322 e. The molecule has 4 N–H and O–H groups in total. The van der Waals surface area contributed by atoms with Gasteiger partial charge in [0.25, 0.3) is 0 Å². The summed E-state index contributed by atoms with van der Waals surface area (Å²) in [6, 6.07) is -1.32. The first-order valence-corrected chi connectivity index (χ1v) is 6.76. The molecule has 0 saturated carbocycles. The highest BCUT2D eigenvalue weighted by Crippen LogP contribution is 2.04. The second kappa shape index (κ2) is 9.75. The maximum absolute atomic E-state index is 11.5. The van der Waals surface area contributed by atoms with E-state index < -0.39 is 24.0 Å². The predicted molar refractivity (Wildman–Crippen MR) is 72.7 cm³/mol. The van der Waals surface area contributed by atoms with Crippen molar-refractivity contribution in [3.63, 3.8) is 0 Å². The van der Waals surface area contributed by atoms with Crippen molar-refractivity contribution in [3.8, 4) is 0 Å². The molecule has 0 aromatic rings. The van der Waals surface area contributed by atoms with Crippen LogP contribution in [0.3, 0.4) is 0 Å². The molecular weight excluding hydrogens is 248 g/mol. The third-order valence-corrected chi connectivity index (χ3v) is 2.62. The molecule has 0 aromatic carbocycles. The minimum Gasteiger partial charge on any atom is -0.480 e. The van der Waals surface area contributed by atoms with E-state index in [4.69, 9.17) is 15.6 Å². The molecule has 2 atom stereocenters. The highest BCUT2D eigenvalue weighted by Gasteiger charge is 2.19. The van der Waals surface area contributed by atoms with Gasteiger partial charge < -0.3 is 20.9 Å². The monoisotopic (exact) mass is 274 g/mol. The molecule has 0 spiro atoms. The number of nitrogens with one attached hydrogen (secondary N) is 1. The van der Waals surface area contributed by atoms with E-state index >= 15 is 0 Å². The zero-order valence-electron chi connectivity index (χ0n) is 12.0. The Balaban J connectivity index is 3.97. The third kappa shape index (κ3) is 8.56. The lowest BCUT2D eigenvalue weighted by Crippen LogP contribution is -2.39. The Kier molecular flexibility index (Phi) is 9.16. The lowest BCUT2D eigenvalue weighted by Gasteiger charge is -2.16. The summed E-state index contributed by atoms with van der Waals surface area (Å²) in [5, 5.41) is 11.8. The molecule has 0 radical (unpaired) electrons. The highest BCUT2D eigenvalue weighted by atomic mass is 16.5. The Morgan fingerprint density at radius 1 is 1.37 bits per heavy atom. The van der Waals surface area contributed by atoms with Crippen LogP contribution in [-0.2, 0) is 14.3 Å².